The van der Waals surface area contributed by atoms with E-state index >= 15 is 0 Å². The highest BCUT2D eigenvalue weighted by Crippen LogP contribution is 2.51. The van der Waals surface area contributed by atoms with Crippen molar-refractivity contribution >= 4 is 115 Å². The smallest absolute Gasteiger partial charge is 0.252 e. The van der Waals surface area contributed by atoms with E-state index in [0.717, 1.165) is 142 Å². The van der Waals surface area contributed by atoms with Crippen molar-refractivity contribution in [3.8, 4) is 77.9 Å². The Bertz CT molecular complexity index is 7260. The molecule has 18 aromatic rings. The van der Waals surface area contributed by atoms with Crippen LogP contribution in [0, 0.1) is 0 Å². The lowest BCUT2D eigenvalue weighted by molar-refractivity contribution is 0.590. The van der Waals surface area contributed by atoms with E-state index in [1.807, 2.05) is 91.0 Å². The summed E-state index contributed by atoms with van der Waals surface area (Å²) in [4.78, 5) is 4.80. The van der Waals surface area contributed by atoms with Gasteiger partial charge < -0.3 is 9.80 Å². The SMILES string of the molecule is [2H]c1c([2H])c([2H])c(-c2cccc([Si](c3ccccc3)(c3ccccc3)c3cc(-c4ccc5c(c4)B4c6cc(-c7c([2H])c([2H])c([2H])c([2H])c7[2H])ccc6N(c6ccccc6-c6ccccc6)c6cc(-c7cccc(C(C)(C)C)c7)cc(c64)N5c4ccccc4-c4ccccc4)cc([Si](c4ccccc4)(c4ccccc4)c4cccc(-c5c([2H])c([2H])c([2H])c([2H])c5[2H])c4)c3)c2)c([2H])c1[2H]. The van der Waals surface area contributed by atoms with Crippen molar-refractivity contribution in [2.75, 3.05) is 9.80 Å². The van der Waals surface area contributed by atoms with Crippen LogP contribution in [0.2, 0.25) is 0 Å². The molecule has 2 heterocycles. The van der Waals surface area contributed by atoms with Gasteiger partial charge in [-0.05, 0) is 172 Å². The van der Waals surface area contributed by atoms with E-state index < -0.39 is 77.2 Å². The summed E-state index contributed by atoms with van der Waals surface area (Å²) in [5.41, 5.74) is 17.5. The molecule has 0 atom stereocenters. The van der Waals surface area contributed by atoms with Gasteiger partial charge in [0.2, 0.25) is 0 Å². The van der Waals surface area contributed by atoms with Gasteiger partial charge in [-0.25, -0.2) is 0 Å². The summed E-state index contributed by atoms with van der Waals surface area (Å²) < 4.78 is 139. The summed E-state index contributed by atoms with van der Waals surface area (Å²) in [5.74, 6) is 0. The Hall–Kier alpha value is -13.9. The minimum Gasteiger partial charge on any atom is -0.311 e. The number of benzene rings is 18. The van der Waals surface area contributed by atoms with Crippen molar-refractivity contribution < 1.29 is 20.6 Å². The number of fused-ring (bicyclic) bond motifs is 4. The van der Waals surface area contributed by atoms with Crippen molar-refractivity contribution in [2.45, 2.75) is 26.2 Å². The van der Waals surface area contributed by atoms with Gasteiger partial charge in [0.1, 0.15) is 0 Å². The van der Waals surface area contributed by atoms with Crippen molar-refractivity contribution in [3.63, 3.8) is 0 Å². The van der Waals surface area contributed by atoms with Gasteiger partial charge in [-0.1, -0.05) is 445 Å². The lowest BCUT2D eigenvalue weighted by Crippen LogP contribution is -2.78. The zero-order valence-electron chi connectivity index (χ0n) is 79.7. The van der Waals surface area contributed by atoms with E-state index in [-0.39, 0.29) is 58.4 Å². The minimum atomic E-state index is -4.05. The van der Waals surface area contributed by atoms with Gasteiger partial charge in [-0.3, -0.25) is 0 Å². The highest BCUT2D eigenvalue weighted by atomic mass is 28.3. The van der Waals surface area contributed by atoms with Gasteiger partial charge in [0.15, 0.2) is 16.1 Å². The van der Waals surface area contributed by atoms with E-state index in [1.165, 1.54) is 0 Å². The summed E-state index contributed by atoms with van der Waals surface area (Å²) in [6, 6.07) is 122. The Kier molecular flexibility index (Phi) is 14.9. The lowest BCUT2D eigenvalue weighted by atomic mass is 9.33. The molecule has 0 saturated carbocycles. The number of nitrogens with zero attached hydrogens (tertiary/aromatic N) is 2. The first kappa shape index (κ1) is 57.1. The summed E-state index contributed by atoms with van der Waals surface area (Å²) in [5, 5.41) is 7.33. The molecule has 0 bridgehead atoms. The Morgan fingerprint density at radius 3 is 0.923 bits per heavy atom. The molecule has 0 unspecified atom stereocenters. The molecule has 18 aromatic carbocycles. The first-order valence-electron chi connectivity index (χ1n) is 47.2. The fourth-order valence-electron chi connectivity index (χ4n) is 18.2. The number of hydrogen-bond donors (Lipinski definition) is 0. The second kappa shape index (κ2) is 30.4. The van der Waals surface area contributed by atoms with E-state index in [2.05, 4.69) is 310 Å². The molecule has 2 aliphatic heterocycles. The van der Waals surface area contributed by atoms with Crippen molar-refractivity contribution in [1.82, 2.24) is 0 Å². The Morgan fingerprint density at radius 1 is 0.222 bits per heavy atom. The molecule has 0 aliphatic carbocycles. The maximum Gasteiger partial charge on any atom is 0.252 e. The maximum atomic E-state index is 9.76. The molecule has 0 N–H and O–H groups in total. The average Bonchev–Trinajstić information content (AvgIpc) is 0.689. The van der Waals surface area contributed by atoms with Gasteiger partial charge >= 0.3 is 0 Å². The van der Waals surface area contributed by atoms with E-state index in [9.17, 15) is 11.0 Å². The van der Waals surface area contributed by atoms with E-state index in [1.54, 1.807) is 0 Å². The van der Waals surface area contributed by atoms with Crippen LogP contribution in [0.1, 0.15) is 46.9 Å². The molecule has 0 saturated heterocycles. The van der Waals surface area contributed by atoms with Crippen LogP contribution in [0.5, 0.6) is 0 Å². The van der Waals surface area contributed by atoms with Gasteiger partial charge in [0.05, 0.1) is 31.9 Å². The number of anilines is 6. The molecular formula is C112H85BN2Si2. The first-order valence-corrected chi connectivity index (χ1v) is 43.7. The van der Waals surface area contributed by atoms with Crippen LogP contribution in [0.3, 0.4) is 0 Å². The summed E-state index contributed by atoms with van der Waals surface area (Å²) in [7, 11) is -8.09. The van der Waals surface area contributed by atoms with Gasteiger partial charge in [0, 0.05) is 33.9 Å². The fourth-order valence-corrected chi connectivity index (χ4v) is 28.1. The molecule has 0 spiro atoms. The topological polar surface area (TPSA) is 6.48 Å². The molecule has 0 aromatic heterocycles. The lowest BCUT2D eigenvalue weighted by Gasteiger charge is -2.45. The summed E-state index contributed by atoms with van der Waals surface area (Å²) in [6.45, 7) is 5.99. The summed E-state index contributed by atoms with van der Waals surface area (Å²) >= 11 is 0. The molecule has 0 amide bonds. The third-order valence-electron chi connectivity index (χ3n) is 23.5. The molecule has 2 nitrogen and oxygen atoms in total. The van der Waals surface area contributed by atoms with Crippen LogP contribution >= 0.6 is 0 Å². The predicted octanol–water partition coefficient (Wildman–Crippen LogP) is 21.5. The number of rotatable bonds is 17. The van der Waals surface area contributed by atoms with Crippen LogP contribution in [-0.4, -0.2) is 22.9 Å². The Balaban J connectivity index is 0.964. The minimum absolute atomic E-state index is 0.0540. The van der Waals surface area contributed by atoms with Crippen molar-refractivity contribution in [3.05, 3.63) is 466 Å². The predicted molar refractivity (Wildman–Crippen MR) is 504 cm³/mol. The molecule has 0 radical (unpaired) electrons. The third-order valence-corrected chi connectivity index (χ3v) is 33.0. The second-order valence-corrected chi connectivity index (χ2v) is 38.7. The zero-order valence-corrected chi connectivity index (χ0v) is 66.7. The molecule has 0 fully saturated rings. The Labute approximate surface area is 711 Å². The molecule has 5 heteroatoms. The van der Waals surface area contributed by atoms with Crippen LogP contribution in [0.4, 0.5) is 34.1 Å². The van der Waals surface area contributed by atoms with Crippen molar-refractivity contribution in [1.29, 1.82) is 0 Å². The van der Waals surface area contributed by atoms with Gasteiger partial charge in [0.25, 0.3) is 6.71 Å². The third kappa shape index (κ3) is 12.8. The Morgan fingerprint density at radius 2 is 0.530 bits per heavy atom. The molecule has 117 heavy (non-hydrogen) atoms. The van der Waals surface area contributed by atoms with Crippen LogP contribution in [-0.2, 0) is 5.41 Å². The number of hydrogen-bond acceptors (Lipinski definition) is 2. The number of para-hydroxylation sites is 2. The van der Waals surface area contributed by atoms with Crippen LogP contribution in [0.25, 0.3) is 77.9 Å². The largest absolute Gasteiger partial charge is 0.311 e. The normalized spacial score (nSPS) is 14.1. The van der Waals surface area contributed by atoms with Gasteiger partial charge in [-0.2, -0.15) is 0 Å². The second-order valence-electron chi connectivity index (χ2n) is 31.1. The zero-order chi connectivity index (χ0) is 91.5. The van der Waals surface area contributed by atoms with Crippen LogP contribution < -0.4 is 67.7 Å². The quantitative estimate of drug-likeness (QED) is 0.0662. The summed E-state index contributed by atoms with van der Waals surface area (Å²) in [6.07, 6.45) is 0. The average molecular weight is 1540 g/mol. The van der Waals surface area contributed by atoms with Crippen molar-refractivity contribution in [2.24, 2.45) is 0 Å². The van der Waals surface area contributed by atoms with Gasteiger partial charge in [-0.15, -0.1) is 0 Å². The molecule has 20 rings (SSSR count). The monoisotopic (exact) mass is 1540 g/mol. The first-order chi connectivity index (χ1) is 63.9. The highest BCUT2D eigenvalue weighted by Gasteiger charge is 2.49. The van der Waals surface area contributed by atoms with E-state index in [0.29, 0.717) is 16.7 Å². The standard InChI is InChI=1S/C112H85BN2Si2/c1-112(2,3)92-51-35-48-85(70-92)91-77-109-111-110(78-91)115(106-65-34-32-63-102(106)84-46-21-8-22-47-84)108-69-67-89(76-104(108)113(111)103-75-88(82-42-17-6-18-43-82)66-68-107(103)114(109)105-64-33-31-62-101(105)83-44-19-7-20-45-83)90-73-99(116(93-52-23-9-24-53-93,94-54-25-10-26-55-94)97-60-36-49-86(71-97)80-38-13-4-14-39-80)79-100(74-90)117(95-56-27-11-28-57-95,96-58-29-12-30-59-96)98-61-37-50-87(72-98)81-40-15-5-16-41-81/h4-79H,1-3H3/i4D,5D,6D,13D,14D,15D,16D,17D,18D,38D,39D,40D,41D,42D,43D. The maximum absolute atomic E-state index is 9.76. The molecule has 2 aliphatic rings. The van der Waals surface area contributed by atoms with E-state index in [4.69, 9.17) is 9.60 Å². The van der Waals surface area contributed by atoms with Crippen LogP contribution in [0.15, 0.2) is 461 Å². The molecular weight excluding hydrogens is 1440 g/mol. The highest BCUT2D eigenvalue weighted by molar-refractivity contribution is 7.22. The fraction of sp³-hybridized carbons (Fsp3) is 0.0357. The molecule has 554 valence electrons.